The number of carbonyl (C=O) groups excluding carboxylic acids is 2. The number of nitrogens with zero attached hydrogens (tertiary/aromatic N) is 1. The van der Waals surface area contributed by atoms with Crippen molar-refractivity contribution in [2.45, 2.75) is 20.4 Å². The molecule has 0 bridgehead atoms. The minimum Gasteiger partial charge on any atom is -0.490 e. The Morgan fingerprint density at radius 3 is 2.66 bits per heavy atom. The van der Waals surface area contributed by atoms with Gasteiger partial charge in [0.15, 0.2) is 11.5 Å². The molecule has 1 amide bonds. The molecule has 0 aliphatic heterocycles. The Kier molecular flexibility index (Phi) is 7.44. The molecule has 0 aliphatic carbocycles. The third-order valence-corrected chi connectivity index (χ3v) is 4.40. The van der Waals surface area contributed by atoms with Crippen molar-refractivity contribution in [3.63, 3.8) is 0 Å². The highest BCUT2D eigenvalue weighted by atomic mass is 16.6. The molecule has 0 saturated heterocycles. The van der Waals surface area contributed by atoms with Crippen molar-refractivity contribution in [2.75, 3.05) is 6.61 Å². The van der Waals surface area contributed by atoms with E-state index in [0.29, 0.717) is 29.2 Å². The number of ether oxygens (including phenoxy) is 2. The number of hydrogen-bond donors (Lipinski definition) is 1. The first kappa shape index (κ1) is 22.4. The zero-order chi connectivity index (χ0) is 22.9. The zero-order valence-corrected chi connectivity index (χ0v) is 17.8. The van der Waals surface area contributed by atoms with Gasteiger partial charge in [0.25, 0.3) is 5.91 Å². The topological polar surface area (TPSA) is 102 Å². The number of hydrogen-bond acceptors (Lipinski definition) is 6. The number of nitrogens with one attached hydrogen (secondary N) is 1. The standard InChI is InChI=1S/C25H22N2O5/c1-3-30-23-14-18(13-20(15-26)24(28)27-16-21-8-5-11-31-21)9-10-22(23)32-25(29)19-7-4-6-17(2)12-19/h4-14H,3,16H2,1-2H3,(H,27,28)/b20-13+. The van der Waals surface area contributed by atoms with Crippen LogP contribution in [-0.4, -0.2) is 18.5 Å². The summed E-state index contributed by atoms with van der Waals surface area (Å²) in [4.78, 5) is 24.8. The van der Waals surface area contributed by atoms with Gasteiger partial charge in [-0.05, 0) is 61.9 Å². The van der Waals surface area contributed by atoms with Crippen molar-refractivity contribution in [2.24, 2.45) is 0 Å². The summed E-state index contributed by atoms with van der Waals surface area (Å²) >= 11 is 0. The van der Waals surface area contributed by atoms with Crippen LogP contribution in [0.3, 0.4) is 0 Å². The van der Waals surface area contributed by atoms with E-state index < -0.39 is 11.9 Å². The maximum Gasteiger partial charge on any atom is 0.343 e. The molecule has 0 atom stereocenters. The van der Waals surface area contributed by atoms with Gasteiger partial charge in [-0.25, -0.2) is 4.79 Å². The summed E-state index contributed by atoms with van der Waals surface area (Å²) in [6.07, 6.45) is 2.94. The van der Waals surface area contributed by atoms with Gasteiger partial charge in [-0.15, -0.1) is 0 Å². The maximum atomic E-state index is 12.5. The average Bonchev–Trinajstić information content (AvgIpc) is 3.31. The van der Waals surface area contributed by atoms with Gasteiger partial charge >= 0.3 is 5.97 Å². The lowest BCUT2D eigenvalue weighted by Crippen LogP contribution is -2.23. The third-order valence-electron chi connectivity index (χ3n) is 4.40. The van der Waals surface area contributed by atoms with Crippen molar-refractivity contribution in [3.05, 3.63) is 88.9 Å². The zero-order valence-electron chi connectivity index (χ0n) is 17.8. The molecule has 3 aromatic rings. The third kappa shape index (κ3) is 5.86. The number of aryl methyl sites for hydroxylation is 1. The van der Waals surface area contributed by atoms with E-state index in [4.69, 9.17) is 13.9 Å². The number of carbonyl (C=O) groups is 2. The molecule has 0 radical (unpaired) electrons. The minimum atomic E-state index is -0.531. The monoisotopic (exact) mass is 430 g/mol. The molecule has 0 spiro atoms. The highest BCUT2D eigenvalue weighted by molar-refractivity contribution is 6.01. The smallest absolute Gasteiger partial charge is 0.343 e. The summed E-state index contributed by atoms with van der Waals surface area (Å²) < 4.78 is 16.3. The van der Waals surface area contributed by atoms with E-state index in [1.807, 2.05) is 19.1 Å². The highest BCUT2D eigenvalue weighted by Crippen LogP contribution is 2.30. The lowest BCUT2D eigenvalue weighted by atomic mass is 10.1. The Labute approximate surface area is 185 Å². The Morgan fingerprint density at radius 2 is 1.97 bits per heavy atom. The molecule has 0 saturated carbocycles. The molecule has 0 aliphatic rings. The van der Waals surface area contributed by atoms with Crippen LogP contribution in [0.15, 0.2) is 70.9 Å². The van der Waals surface area contributed by atoms with Crippen molar-refractivity contribution >= 4 is 18.0 Å². The lowest BCUT2D eigenvalue weighted by molar-refractivity contribution is -0.117. The fourth-order valence-corrected chi connectivity index (χ4v) is 2.89. The van der Waals surface area contributed by atoms with Crippen LogP contribution in [0.2, 0.25) is 0 Å². The van der Waals surface area contributed by atoms with Crippen LogP contribution in [0.1, 0.15) is 34.2 Å². The van der Waals surface area contributed by atoms with Crippen LogP contribution < -0.4 is 14.8 Å². The van der Waals surface area contributed by atoms with E-state index in [1.54, 1.807) is 55.5 Å². The van der Waals surface area contributed by atoms with Crippen LogP contribution in [0.25, 0.3) is 6.08 Å². The van der Waals surface area contributed by atoms with Gasteiger partial charge in [0.1, 0.15) is 17.4 Å². The molecule has 7 nitrogen and oxygen atoms in total. The van der Waals surface area contributed by atoms with Crippen molar-refractivity contribution in [1.29, 1.82) is 5.26 Å². The molecule has 162 valence electrons. The normalized spacial score (nSPS) is 10.8. The van der Waals surface area contributed by atoms with E-state index in [9.17, 15) is 14.9 Å². The lowest BCUT2D eigenvalue weighted by Gasteiger charge is -2.12. The van der Waals surface area contributed by atoms with Gasteiger partial charge in [-0.2, -0.15) is 5.26 Å². The number of esters is 1. The van der Waals surface area contributed by atoms with Crippen LogP contribution in [0.5, 0.6) is 11.5 Å². The van der Waals surface area contributed by atoms with Crippen LogP contribution >= 0.6 is 0 Å². The Bertz CT molecular complexity index is 1170. The van der Waals surface area contributed by atoms with Crippen molar-refractivity contribution < 1.29 is 23.5 Å². The summed E-state index contributed by atoms with van der Waals surface area (Å²) in [5.74, 6) is 0.116. The van der Waals surface area contributed by atoms with E-state index >= 15 is 0 Å². The largest absolute Gasteiger partial charge is 0.490 e. The molecule has 0 fully saturated rings. The minimum absolute atomic E-state index is 0.0801. The summed E-state index contributed by atoms with van der Waals surface area (Å²) in [6.45, 7) is 4.21. The number of nitriles is 1. The molecule has 1 aromatic heterocycles. The summed E-state index contributed by atoms with van der Waals surface area (Å²) in [5, 5.41) is 12.0. The fraction of sp³-hybridized carbons (Fsp3) is 0.160. The van der Waals surface area contributed by atoms with Crippen LogP contribution in [0.4, 0.5) is 0 Å². The Morgan fingerprint density at radius 1 is 1.12 bits per heavy atom. The first-order valence-electron chi connectivity index (χ1n) is 9.98. The second-order valence-electron chi connectivity index (χ2n) is 6.83. The molecule has 32 heavy (non-hydrogen) atoms. The molecule has 3 rings (SSSR count). The van der Waals surface area contributed by atoms with Gasteiger partial charge in [0.05, 0.1) is 25.0 Å². The molecule has 1 heterocycles. The van der Waals surface area contributed by atoms with Gasteiger partial charge < -0.3 is 19.2 Å². The molecule has 0 unspecified atom stereocenters. The van der Waals surface area contributed by atoms with E-state index in [2.05, 4.69) is 5.32 Å². The van der Waals surface area contributed by atoms with E-state index in [-0.39, 0.29) is 17.9 Å². The SMILES string of the molecule is CCOc1cc(/C=C(\C#N)C(=O)NCc2ccco2)ccc1OC(=O)c1cccc(C)c1. The van der Waals surface area contributed by atoms with Gasteiger partial charge in [0.2, 0.25) is 0 Å². The van der Waals surface area contributed by atoms with E-state index in [0.717, 1.165) is 5.56 Å². The highest BCUT2D eigenvalue weighted by Gasteiger charge is 2.15. The summed E-state index contributed by atoms with van der Waals surface area (Å²) in [6, 6.07) is 17.2. The number of furan rings is 1. The number of benzene rings is 2. The first-order chi connectivity index (χ1) is 15.5. The molecular weight excluding hydrogens is 408 g/mol. The molecular formula is C25H22N2O5. The van der Waals surface area contributed by atoms with Crippen molar-refractivity contribution in [3.8, 4) is 17.6 Å². The number of amides is 1. The second kappa shape index (κ2) is 10.6. The van der Waals surface area contributed by atoms with Crippen LogP contribution in [-0.2, 0) is 11.3 Å². The Hall–Kier alpha value is -4.31. The summed E-state index contributed by atoms with van der Waals surface area (Å²) in [5.41, 5.74) is 1.84. The second-order valence-corrected chi connectivity index (χ2v) is 6.83. The Balaban J connectivity index is 1.78. The molecule has 7 heteroatoms. The maximum absolute atomic E-state index is 12.5. The van der Waals surface area contributed by atoms with E-state index in [1.165, 1.54) is 12.3 Å². The predicted octanol–water partition coefficient (Wildman–Crippen LogP) is 4.43. The summed E-state index contributed by atoms with van der Waals surface area (Å²) in [7, 11) is 0. The van der Waals surface area contributed by atoms with Crippen LogP contribution in [0, 0.1) is 18.3 Å². The van der Waals surface area contributed by atoms with Gasteiger partial charge in [-0.1, -0.05) is 23.8 Å². The first-order valence-corrected chi connectivity index (χ1v) is 9.98. The molecule has 2 aromatic carbocycles. The predicted molar refractivity (Wildman–Crippen MR) is 118 cm³/mol. The van der Waals surface area contributed by atoms with Gasteiger partial charge in [-0.3, -0.25) is 4.79 Å². The average molecular weight is 430 g/mol. The quantitative estimate of drug-likeness (QED) is 0.246. The van der Waals surface area contributed by atoms with Crippen molar-refractivity contribution in [1.82, 2.24) is 5.32 Å². The fourth-order valence-electron chi connectivity index (χ4n) is 2.89. The van der Waals surface area contributed by atoms with Gasteiger partial charge in [0, 0.05) is 0 Å². The molecule has 1 N–H and O–H groups in total. The number of rotatable bonds is 8.